The zero-order chi connectivity index (χ0) is 19.2. The maximum atomic E-state index is 12.5. The number of amides is 2. The standard InChI is InChI=1S/C20H22N2O5/c1-3-22(11-15-4-9-18-19(10-15)27-13-26-18)20(24)12-25-17-7-5-16(6-8-17)21-14(2)23/h4-10H,3,11-13H2,1-2H3,(H,21,23). The Balaban J connectivity index is 1.54. The Morgan fingerprint density at radius 3 is 2.56 bits per heavy atom. The second kappa shape index (κ2) is 8.44. The minimum atomic E-state index is -0.138. The summed E-state index contributed by atoms with van der Waals surface area (Å²) in [6, 6.07) is 12.5. The number of hydrogen-bond donors (Lipinski definition) is 1. The molecule has 1 heterocycles. The number of fused-ring (bicyclic) bond motifs is 1. The van der Waals surface area contributed by atoms with Gasteiger partial charge in [-0.25, -0.2) is 0 Å². The van der Waals surface area contributed by atoms with Gasteiger partial charge in [0.15, 0.2) is 18.1 Å². The van der Waals surface area contributed by atoms with Crippen LogP contribution < -0.4 is 19.5 Å². The van der Waals surface area contributed by atoms with E-state index < -0.39 is 0 Å². The summed E-state index contributed by atoms with van der Waals surface area (Å²) in [6.07, 6.45) is 0. The van der Waals surface area contributed by atoms with Gasteiger partial charge >= 0.3 is 0 Å². The number of carbonyl (C=O) groups excluding carboxylic acids is 2. The molecule has 0 radical (unpaired) electrons. The minimum Gasteiger partial charge on any atom is -0.484 e. The first-order valence-corrected chi connectivity index (χ1v) is 8.72. The Hall–Kier alpha value is -3.22. The molecule has 27 heavy (non-hydrogen) atoms. The van der Waals surface area contributed by atoms with Gasteiger partial charge in [0.2, 0.25) is 12.7 Å². The van der Waals surface area contributed by atoms with Crippen molar-refractivity contribution in [1.29, 1.82) is 0 Å². The molecule has 0 bridgehead atoms. The van der Waals surface area contributed by atoms with Gasteiger partial charge in [-0.1, -0.05) is 6.07 Å². The predicted octanol–water partition coefficient (Wildman–Crippen LogP) is 2.80. The SMILES string of the molecule is CCN(Cc1ccc2c(c1)OCO2)C(=O)COc1ccc(NC(C)=O)cc1. The monoisotopic (exact) mass is 370 g/mol. The van der Waals surface area contributed by atoms with E-state index in [0.29, 0.717) is 30.3 Å². The number of nitrogens with zero attached hydrogens (tertiary/aromatic N) is 1. The third-order valence-corrected chi connectivity index (χ3v) is 4.08. The summed E-state index contributed by atoms with van der Waals surface area (Å²) < 4.78 is 16.3. The second-order valence-corrected chi connectivity index (χ2v) is 6.09. The predicted molar refractivity (Wildman–Crippen MR) is 99.9 cm³/mol. The van der Waals surface area contributed by atoms with Crippen molar-refractivity contribution in [2.75, 3.05) is 25.3 Å². The van der Waals surface area contributed by atoms with Gasteiger partial charge in [0, 0.05) is 25.7 Å². The van der Waals surface area contributed by atoms with Crippen molar-refractivity contribution in [3.63, 3.8) is 0 Å². The highest BCUT2D eigenvalue weighted by molar-refractivity contribution is 5.88. The fourth-order valence-electron chi connectivity index (χ4n) is 2.71. The van der Waals surface area contributed by atoms with Crippen LogP contribution in [0.2, 0.25) is 0 Å². The van der Waals surface area contributed by atoms with Gasteiger partial charge in [0.1, 0.15) is 5.75 Å². The first-order chi connectivity index (χ1) is 13.0. The summed E-state index contributed by atoms with van der Waals surface area (Å²) >= 11 is 0. The summed E-state index contributed by atoms with van der Waals surface area (Å²) in [5.74, 6) is 1.74. The lowest BCUT2D eigenvalue weighted by molar-refractivity contribution is -0.133. The molecule has 0 unspecified atom stereocenters. The molecule has 7 heteroatoms. The number of carbonyl (C=O) groups is 2. The number of likely N-dealkylation sites (N-methyl/N-ethyl adjacent to an activating group) is 1. The number of benzene rings is 2. The lowest BCUT2D eigenvalue weighted by Crippen LogP contribution is -2.34. The van der Waals surface area contributed by atoms with Gasteiger partial charge in [0.25, 0.3) is 5.91 Å². The summed E-state index contributed by atoms with van der Waals surface area (Å²) in [6.45, 7) is 4.58. The Morgan fingerprint density at radius 2 is 1.85 bits per heavy atom. The number of rotatable bonds is 7. The molecule has 142 valence electrons. The van der Waals surface area contributed by atoms with Crippen molar-refractivity contribution in [3.05, 3.63) is 48.0 Å². The normalized spacial score (nSPS) is 11.8. The van der Waals surface area contributed by atoms with Crippen LogP contribution in [0.3, 0.4) is 0 Å². The summed E-state index contributed by atoms with van der Waals surface area (Å²) in [5, 5.41) is 2.68. The van der Waals surface area contributed by atoms with Crippen molar-refractivity contribution in [2.45, 2.75) is 20.4 Å². The largest absolute Gasteiger partial charge is 0.484 e. The maximum absolute atomic E-state index is 12.5. The molecule has 3 rings (SSSR count). The zero-order valence-electron chi connectivity index (χ0n) is 15.4. The van der Waals surface area contributed by atoms with E-state index in [9.17, 15) is 9.59 Å². The van der Waals surface area contributed by atoms with Gasteiger partial charge < -0.3 is 24.4 Å². The van der Waals surface area contributed by atoms with E-state index in [1.54, 1.807) is 29.2 Å². The molecular weight excluding hydrogens is 348 g/mol. The van der Waals surface area contributed by atoms with E-state index in [4.69, 9.17) is 14.2 Å². The summed E-state index contributed by atoms with van der Waals surface area (Å²) in [7, 11) is 0. The maximum Gasteiger partial charge on any atom is 0.260 e. The van der Waals surface area contributed by atoms with Crippen molar-refractivity contribution in [3.8, 4) is 17.2 Å². The molecule has 1 aliphatic rings. The fraction of sp³-hybridized carbons (Fsp3) is 0.300. The minimum absolute atomic E-state index is 0.0577. The smallest absolute Gasteiger partial charge is 0.260 e. The molecular formula is C20H22N2O5. The van der Waals surface area contributed by atoms with Crippen LogP contribution in [0.4, 0.5) is 5.69 Å². The van der Waals surface area contributed by atoms with Crippen LogP contribution in [0.1, 0.15) is 19.4 Å². The third kappa shape index (κ3) is 4.91. The van der Waals surface area contributed by atoms with E-state index in [1.807, 2.05) is 25.1 Å². The molecule has 2 amide bonds. The molecule has 0 aromatic heterocycles. The Labute approximate surface area is 157 Å². The van der Waals surface area contributed by atoms with Gasteiger partial charge in [-0.05, 0) is 48.9 Å². The van der Waals surface area contributed by atoms with Crippen LogP contribution in [-0.4, -0.2) is 36.7 Å². The molecule has 1 aliphatic heterocycles. The fourth-order valence-corrected chi connectivity index (χ4v) is 2.71. The first-order valence-electron chi connectivity index (χ1n) is 8.72. The molecule has 0 fully saturated rings. The van der Waals surface area contributed by atoms with Crippen molar-refractivity contribution in [1.82, 2.24) is 4.90 Å². The van der Waals surface area contributed by atoms with Crippen LogP contribution in [0.15, 0.2) is 42.5 Å². The second-order valence-electron chi connectivity index (χ2n) is 6.09. The quantitative estimate of drug-likeness (QED) is 0.811. The van der Waals surface area contributed by atoms with Gasteiger partial charge in [-0.3, -0.25) is 9.59 Å². The number of ether oxygens (including phenoxy) is 3. The molecule has 0 saturated heterocycles. The van der Waals surface area contributed by atoms with Gasteiger partial charge in [-0.2, -0.15) is 0 Å². The molecule has 1 N–H and O–H groups in total. The molecule has 0 atom stereocenters. The van der Waals surface area contributed by atoms with Crippen LogP contribution in [0.5, 0.6) is 17.2 Å². The van der Waals surface area contributed by atoms with Gasteiger partial charge in [0.05, 0.1) is 0 Å². The number of nitrogens with one attached hydrogen (secondary N) is 1. The summed E-state index contributed by atoms with van der Waals surface area (Å²) in [5.41, 5.74) is 1.65. The summed E-state index contributed by atoms with van der Waals surface area (Å²) in [4.78, 5) is 25.2. The number of hydrogen-bond acceptors (Lipinski definition) is 5. The Morgan fingerprint density at radius 1 is 1.11 bits per heavy atom. The molecule has 2 aromatic carbocycles. The topological polar surface area (TPSA) is 77.1 Å². The lowest BCUT2D eigenvalue weighted by Gasteiger charge is -2.21. The zero-order valence-corrected chi connectivity index (χ0v) is 15.4. The van der Waals surface area contributed by atoms with E-state index >= 15 is 0 Å². The van der Waals surface area contributed by atoms with Gasteiger partial charge in [-0.15, -0.1) is 0 Å². The molecule has 0 saturated carbocycles. The molecule has 0 aliphatic carbocycles. The third-order valence-electron chi connectivity index (χ3n) is 4.08. The van der Waals surface area contributed by atoms with E-state index in [1.165, 1.54) is 6.92 Å². The van der Waals surface area contributed by atoms with Crippen LogP contribution in [0, 0.1) is 0 Å². The van der Waals surface area contributed by atoms with Crippen LogP contribution in [-0.2, 0) is 16.1 Å². The van der Waals surface area contributed by atoms with Crippen molar-refractivity contribution >= 4 is 17.5 Å². The van der Waals surface area contributed by atoms with Crippen LogP contribution >= 0.6 is 0 Å². The lowest BCUT2D eigenvalue weighted by atomic mass is 10.2. The van der Waals surface area contributed by atoms with E-state index in [-0.39, 0.29) is 25.2 Å². The highest BCUT2D eigenvalue weighted by Crippen LogP contribution is 2.32. The van der Waals surface area contributed by atoms with Crippen LogP contribution in [0.25, 0.3) is 0 Å². The average Bonchev–Trinajstić information content (AvgIpc) is 3.12. The van der Waals surface area contributed by atoms with E-state index in [0.717, 1.165) is 11.3 Å². The average molecular weight is 370 g/mol. The Bertz CT molecular complexity index is 820. The first kappa shape index (κ1) is 18.6. The highest BCUT2D eigenvalue weighted by atomic mass is 16.7. The van der Waals surface area contributed by atoms with E-state index in [2.05, 4.69) is 5.32 Å². The number of anilines is 1. The molecule has 7 nitrogen and oxygen atoms in total. The Kier molecular flexibility index (Phi) is 5.80. The highest BCUT2D eigenvalue weighted by Gasteiger charge is 2.17. The van der Waals surface area contributed by atoms with Crippen molar-refractivity contribution in [2.24, 2.45) is 0 Å². The molecule has 2 aromatic rings. The van der Waals surface area contributed by atoms with Crippen molar-refractivity contribution < 1.29 is 23.8 Å². The molecule has 0 spiro atoms.